The monoisotopic (exact) mass is 347 g/mol. The Hall–Kier alpha value is -2.41. The Morgan fingerprint density at radius 3 is 2.83 bits per heavy atom. The fourth-order valence-electron chi connectivity index (χ4n) is 2.75. The first kappa shape index (κ1) is 15.1. The molecule has 0 radical (unpaired) electrons. The molecule has 8 heteroatoms. The van der Waals surface area contributed by atoms with Crippen LogP contribution in [0, 0.1) is 12.7 Å². The molecule has 1 fully saturated rings. The highest BCUT2D eigenvalue weighted by Gasteiger charge is 2.29. The molecule has 0 saturated heterocycles. The van der Waals surface area contributed by atoms with Crippen LogP contribution < -0.4 is 4.74 Å². The molecule has 0 unspecified atom stereocenters. The van der Waals surface area contributed by atoms with Gasteiger partial charge in [0.15, 0.2) is 11.6 Å². The molecule has 24 heavy (non-hydrogen) atoms. The van der Waals surface area contributed by atoms with Gasteiger partial charge in [0.1, 0.15) is 17.3 Å². The lowest BCUT2D eigenvalue weighted by atomic mass is 10.2. The van der Waals surface area contributed by atoms with Crippen LogP contribution in [0.25, 0.3) is 11.5 Å². The van der Waals surface area contributed by atoms with Crippen LogP contribution in [0.3, 0.4) is 0 Å². The summed E-state index contributed by atoms with van der Waals surface area (Å²) in [5.41, 5.74) is 0.931. The standard InChI is InChI=1S/C16H15ClFN5O/c1-9-15(22-6-5-19-16(22)10-3-4-10)20-21-23(9)13-7-11(17)14(24-2)8-12(13)18/h5-8,10H,3-4H2,1-2H3. The average molecular weight is 348 g/mol. The highest BCUT2D eigenvalue weighted by Crippen LogP contribution is 2.40. The van der Waals surface area contributed by atoms with Crippen LogP contribution in [-0.4, -0.2) is 31.7 Å². The van der Waals surface area contributed by atoms with Crippen molar-refractivity contribution in [1.82, 2.24) is 24.5 Å². The first-order valence-corrected chi connectivity index (χ1v) is 7.97. The van der Waals surface area contributed by atoms with Gasteiger partial charge in [-0.2, -0.15) is 0 Å². The Labute approximate surface area is 142 Å². The highest BCUT2D eigenvalue weighted by atomic mass is 35.5. The lowest BCUT2D eigenvalue weighted by molar-refractivity contribution is 0.411. The van der Waals surface area contributed by atoms with E-state index in [0.29, 0.717) is 22.5 Å². The van der Waals surface area contributed by atoms with Crippen molar-refractivity contribution in [2.75, 3.05) is 7.11 Å². The van der Waals surface area contributed by atoms with Crippen molar-refractivity contribution < 1.29 is 9.13 Å². The maximum Gasteiger partial charge on any atom is 0.184 e. The minimum atomic E-state index is -0.483. The summed E-state index contributed by atoms with van der Waals surface area (Å²) in [7, 11) is 1.44. The van der Waals surface area contributed by atoms with E-state index in [2.05, 4.69) is 15.3 Å². The van der Waals surface area contributed by atoms with Gasteiger partial charge in [-0.15, -0.1) is 5.10 Å². The predicted molar refractivity (Wildman–Crippen MR) is 86.7 cm³/mol. The third-order valence-corrected chi connectivity index (χ3v) is 4.46. The maximum absolute atomic E-state index is 14.4. The number of aromatic nitrogens is 5. The van der Waals surface area contributed by atoms with E-state index < -0.39 is 5.82 Å². The number of rotatable bonds is 4. The van der Waals surface area contributed by atoms with E-state index >= 15 is 0 Å². The van der Waals surface area contributed by atoms with Crippen molar-refractivity contribution >= 4 is 11.6 Å². The molecule has 2 heterocycles. The molecular formula is C16H15ClFN5O. The molecule has 1 aliphatic rings. The van der Waals surface area contributed by atoms with Crippen molar-refractivity contribution in [1.29, 1.82) is 0 Å². The van der Waals surface area contributed by atoms with Crippen molar-refractivity contribution in [3.63, 3.8) is 0 Å². The number of ether oxygens (including phenoxy) is 1. The molecule has 0 amide bonds. The Balaban J connectivity index is 1.80. The van der Waals surface area contributed by atoms with Gasteiger partial charge >= 0.3 is 0 Å². The number of hydrogen-bond acceptors (Lipinski definition) is 4. The Morgan fingerprint density at radius 1 is 1.33 bits per heavy atom. The van der Waals surface area contributed by atoms with Crippen LogP contribution in [0.15, 0.2) is 24.5 Å². The maximum atomic E-state index is 14.4. The van der Waals surface area contributed by atoms with Crippen molar-refractivity contribution in [3.05, 3.63) is 46.9 Å². The summed E-state index contributed by atoms with van der Waals surface area (Å²) in [6.45, 7) is 1.84. The van der Waals surface area contributed by atoms with Gasteiger partial charge < -0.3 is 4.74 Å². The fourth-order valence-corrected chi connectivity index (χ4v) is 2.98. The van der Waals surface area contributed by atoms with E-state index in [1.807, 2.05) is 17.7 Å². The van der Waals surface area contributed by atoms with Gasteiger partial charge in [-0.1, -0.05) is 16.8 Å². The van der Waals surface area contributed by atoms with Gasteiger partial charge in [0.25, 0.3) is 0 Å². The smallest absolute Gasteiger partial charge is 0.184 e. The quantitative estimate of drug-likeness (QED) is 0.725. The van der Waals surface area contributed by atoms with Crippen LogP contribution in [0.1, 0.15) is 30.3 Å². The Bertz CT molecular complexity index is 915. The molecule has 124 valence electrons. The van der Waals surface area contributed by atoms with Gasteiger partial charge in [-0.05, 0) is 25.8 Å². The molecule has 0 spiro atoms. The van der Waals surface area contributed by atoms with Crippen molar-refractivity contribution in [2.45, 2.75) is 25.7 Å². The van der Waals surface area contributed by atoms with Gasteiger partial charge in [0.05, 0.1) is 17.8 Å². The van der Waals surface area contributed by atoms with Gasteiger partial charge in [0, 0.05) is 24.4 Å². The lowest BCUT2D eigenvalue weighted by Crippen LogP contribution is -2.05. The zero-order valence-electron chi connectivity index (χ0n) is 13.2. The summed E-state index contributed by atoms with van der Waals surface area (Å²) < 4.78 is 22.8. The zero-order chi connectivity index (χ0) is 16.8. The van der Waals surface area contributed by atoms with Crippen LogP contribution in [0.5, 0.6) is 5.75 Å². The average Bonchev–Trinajstić information content (AvgIpc) is 3.18. The zero-order valence-corrected chi connectivity index (χ0v) is 14.0. The van der Waals surface area contributed by atoms with Gasteiger partial charge in [-0.3, -0.25) is 4.57 Å². The second-order valence-electron chi connectivity index (χ2n) is 5.78. The van der Waals surface area contributed by atoms with Crippen molar-refractivity contribution in [2.24, 2.45) is 0 Å². The lowest BCUT2D eigenvalue weighted by Gasteiger charge is -2.09. The third kappa shape index (κ3) is 2.36. The molecule has 1 aliphatic carbocycles. The minimum absolute atomic E-state index is 0.227. The van der Waals surface area contributed by atoms with E-state index in [1.54, 1.807) is 6.20 Å². The molecule has 1 saturated carbocycles. The fraction of sp³-hybridized carbons (Fsp3) is 0.312. The summed E-state index contributed by atoms with van der Waals surface area (Å²) >= 11 is 6.12. The molecule has 0 bridgehead atoms. The molecule has 4 rings (SSSR count). The number of hydrogen-bond donors (Lipinski definition) is 0. The van der Waals surface area contributed by atoms with Crippen LogP contribution >= 0.6 is 11.6 Å². The van der Waals surface area contributed by atoms with Crippen LogP contribution in [0.2, 0.25) is 5.02 Å². The SMILES string of the molecule is COc1cc(F)c(-n2nnc(-n3ccnc3C3CC3)c2C)cc1Cl. The summed E-state index contributed by atoms with van der Waals surface area (Å²) in [6.07, 6.45) is 5.86. The van der Waals surface area contributed by atoms with Gasteiger partial charge in [0.2, 0.25) is 0 Å². The number of methoxy groups -OCH3 is 1. The molecule has 1 aromatic carbocycles. The molecular weight excluding hydrogens is 333 g/mol. The summed E-state index contributed by atoms with van der Waals surface area (Å²) in [4.78, 5) is 4.41. The minimum Gasteiger partial charge on any atom is -0.495 e. The van der Waals surface area contributed by atoms with Crippen LogP contribution in [-0.2, 0) is 0 Å². The number of benzene rings is 1. The van der Waals surface area contributed by atoms with E-state index in [0.717, 1.165) is 18.7 Å². The second-order valence-corrected chi connectivity index (χ2v) is 6.19. The molecule has 2 aromatic heterocycles. The Kier molecular flexibility index (Phi) is 3.53. The highest BCUT2D eigenvalue weighted by molar-refractivity contribution is 6.32. The Morgan fingerprint density at radius 2 is 2.12 bits per heavy atom. The normalized spacial score (nSPS) is 14.2. The number of imidazole rings is 1. The van der Waals surface area contributed by atoms with Crippen LogP contribution in [0.4, 0.5) is 4.39 Å². The summed E-state index contributed by atoms with van der Waals surface area (Å²) in [5.74, 6) is 1.88. The van der Waals surface area contributed by atoms with E-state index in [-0.39, 0.29) is 11.4 Å². The van der Waals surface area contributed by atoms with E-state index in [9.17, 15) is 4.39 Å². The largest absolute Gasteiger partial charge is 0.495 e. The molecule has 0 N–H and O–H groups in total. The number of halogens is 2. The molecule has 3 aromatic rings. The predicted octanol–water partition coefficient (Wildman–Crippen LogP) is 3.44. The van der Waals surface area contributed by atoms with Gasteiger partial charge in [-0.25, -0.2) is 14.1 Å². The molecule has 0 aliphatic heterocycles. The number of nitrogens with zero attached hydrogens (tertiary/aromatic N) is 5. The topological polar surface area (TPSA) is 57.8 Å². The van der Waals surface area contributed by atoms with E-state index in [1.165, 1.54) is 23.9 Å². The molecule has 0 atom stereocenters. The third-order valence-electron chi connectivity index (χ3n) is 4.16. The summed E-state index contributed by atoms with van der Waals surface area (Å²) in [6, 6.07) is 2.72. The first-order valence-electron chi connectivity index (χ1n) is 7.59. The molecule has 6 nitrogen and oxygen atoms in total. The second kappa shape index (κ2) is 5.59. The van der Waals surface area contributed by atoms with Crippen molar-refractivity contribution in [3.8, 4) is 17.3 Å². The summed E-state index contributed by atoms with van der Waals surface area (Å²) in [5, 5.41) is 8.62. The first-order chi connectivity index (χ1) is 11.6. The van der Waals surface area contributed by atoms with E-state index in [4.69, 9.17) is 16.3 Å².